The molecular weight excluding hydrogens is 332 g/mol. The molecule has 2 aromatic carbocycles. The van der Waals surface area contributed by atoms with E-state index in [0.29, 0.717) is 17.8 Å². The number of nitrogens with two attached hydrogens (primary N) is 1. The summed E-state index contributed by atoms with van der Waals surface area (Å²) >= 11 is 3.43. The molecule has 1 amide bonds. The Kier molecular flexibility index (Phi) is 4.85. The van der Waals surface area contributed by atoms with Gasteiger partial charge in [0.1, 0.15) is 5.75 Å². The second kappa shape index (κ2) is 6.63. The van der Waals surface area contributed by atoms with Crippen LogP contribution in [0.15, 0.2) is 46.9 Å². The number of methoxy groups -OCH3 is 1. The van der Waals surface area contributed by atoms with Gasteiger partial charge in [0.2, 0.25) is 0 Å². The Balaban J connectivity index is 2.19. The van der Waals surface area contributed by atoms with Crippen LogP contribution in [0.25, 0.3) is 0 Å². The monoisotopic (exact) mass is 348 g/mol. The van der Waals surface area contributed by atoms with E-state index in [1.807, 2.05) is 18.2 Å². The lowest BCUT2D eigenvalue weighted by Gasteiger charge is -2.19. The second-order valence-corrected chi connectivity index (χ2v) is 5.66. The van der Waals surface area contributed by atoms with E-state index in [0.717, 1.165) is 15.8 Å². The highest BCUT2D eigenvalue weighted by atomic mass is 79.9. The minimum atomic E-state index is -0.0793. The van der Waals surface area contributed by atoms with Gasteiger partial charge >= 0.3 is 0 Å². The number of halogens is 1. The van der Waals surface area contributed by atoms with Gasteiger partial charge < -0.3 is 15.4 Å². The predicted octanol–water partition coefficient (Wildman–Crippen LogP) is 3.31. The molecule has 0 heterocycles. The summed E-state index contributed by atoms with van der Waals surface area (Å²) in [5, 5.41) is 0. The topological polar surface area (TPSA) is 55.6 Å². The summed E-state index contributed by atoms with van der Waals surface area (Å²) in [7, 11) is 3.37. The van der Waals surface area contributed by atoms with E-state index in [1.165, 1.54) is 0 Å². The molecule has 0 aliphatic heterocycles. The van der Waals surface area contributed by atoms with Gasteiger partial charge in [0.15, 0.2) is 0 Å². The standard InChI is InChI=1S/C16H17BrN2O2/c1-19(16(20)11-4-3-5-14(18)9-11)10-12-8-13(17)6-7-15(12)21-2/h3-9H,10,18H2,1-2H3. The van der Waals surface area contributed by atoms with Gasteiger partial charge in [-0.05, 0) is 36.4 Å². The molecule has 0 saturated carbocycles. The molecule has 2 aromatic rings. The van der Waals surface area contributed by atoms with Crippen molar-refractivity contribution in [1.29, 1.82) is 0 Å². The number of nitrogen functional groups attached to an aromatic ring is 1. The summed E-state index contributed by atoms with van der Waals surface area (Å²) in [5.41, 5.74) is 7.81. The molecule has 0 radical (unpaired) electrons. The molecule has 0 aliphatic rings. The largest absolute Gasteiger partial charge is 0.496 e. The summed E-state index contributed by atoms with van der Waals surface area (Å²) in [5.74, 6) is 0.676. The second-order valence-electron chi connectivity index (χ2n) is 4.74. The van der Waals surface area contributed by atoms with E-state index < -0.39 is 0 Å². The van der Waals surface area contributed by atoms with E-state index in [1.54, 1.807) is 43.3 Å². The summed E-state index contributed by atoms with van der Waals surface area (Å²) in [6, 6.07) is 12.7. The SMILES string of the molecule is COc1ccc(Br)cc1CN(C)C(=O)c1cccc(N)c1. The van der Waals surface area contributed by atoms with Crippen molar-refractivity contribution in [2.24, 2.45) is 0 Å². The van der Waals surface area contributed by atoms with E-state index >= 15 is 0 Å². The number of hydrogen-bond acceptors (Lipinski definition) is 3. The number of ether oxygens (including phenoxy) is 1. The molecule has 0 fully saturated rings. The van der Waals surface area contributed by atoms with E-state index in [9.17, 15) is 4.79 Å². The lowest BCUT2D eigenvalue weighted by molar-refractivity contribution is 0.0784. The molecule has 2 rings (SSSR count). The summed E-state index contributed by atoms with van der Waals surface area (Å²) < 4.78 is 6.27. The number of nitrogens with zero attached hydrogens (tertiary/aromatic N) is 1. The molecular formula is C16H17BrN2O2. The molecule has 0 atom stereocenters. The van der Waals surface area contributed by atoms with Crippen molar-refractivity contribution in [3.63, 3.8) is 0 Å². The fourth-order valence-electron chi connectivity index (χ4n) is 2.09. The lowest BCUT2D eigenvalue weighted by atomic mass is 10.1. The van der Waals surface area contributed by atoms with Crippen LogP contribution in [0.3, 0.4) is 0 Å². The van der Waals surface area contributed by atoms with Crippen molar-refractivity contribution >= 4 is 27.5 Å². The average Bonchev–Trinajstić information content (AvgIpc) is 2.46. The van der Waals surface area contributed by atoms with Gasteiger partial charge in [0, 0.05) is 34.9 Å². The van der Waals surface area contributed by atoms with E-state index in [-0.39, 0.29) is 5.91 Å². The van der Waals surface area contributed by atoms with Crippen molar-refractivity contribution in [3.8, 4) is 5.75 Å². The first-order chi connectivity index (χ1) is 10.0. The molecule has 0 aromatic heterocycles. The van der Waals surface area contributed by atoms with Crippen LogP contribution in [0.1, 0.15) is 15.9 Å². The van der Waals surface area contributed by atoms with Crippen LogP contribution in [0.5, 0.6) is 5.75 Å². The highest BCUT2D eigenvalue weighted by molar-refractivity contribution is 9.10. The summed E-state index contributed by atoms with van der Waals surface area (Å²) in [6.45, 7) is 0.455. The molecule has 21 heavy (non-hydrogen) atoms. The zero-order valence-electron chi connectivity index (χ0n) is 12.0. The minimum Gasteiger partial charge on any atom is -0.496 e. The number of carbonyl (C=O) groups is 1. The van der Waals surface area contributed by atoms with Gasteiger partial charge in [-0.2, -0.15) is 0 Å². The average molecular weight is 349 g/mol. The van der Waals surface area contributed by atoms with Crippen LogP contribution in [-0.4, -0.2) is 25.0 Å². The van der Waals surface area contributed by atoms with Crippen LogP contribution >= 0.6 is 15.9 Å². The van der Waals surface area contributed by atoms with Gasteiger partial charge in [-0.25, -0.2) is 0 Å². The number of rotatable bonds is 4. The Bertz CT molecular complexity index is 658. The van der Waals surface area contributed by atoms with Crippen LogP contribution in [0, 0.1) is 0 Å². The molecule has 110 valence electrons. The number of carbonyl (C=O) groups excluding carboxylic acids is 1. The fraction of sp³-hybridized carbons (Fsp3) is 0.188. The zero-order chi connectivity index (χ0) is 15.4. The normalized spacial score (nSPS) is 10.2. The van der Waals surface area contributed by atoms with Crippen molar-refractivity contribution in [1.82, 2.24) is 4.90 Å². The van der Waals surface area contributed by atoms with E-state index in [4.69, 9.17) is 10.5 Å². The number of amides is 1. The molecule has 0 spiro atoms. The molecule has 0 bridgehead atoms. The molecule has 0 aliphatic carbocycles. The maximum atomic E-state index is 12.4. The Hall–Kier alpha value is -2.01. The van der Waals surface area contributed by atoms with Gasteiger partial charge in [-0.3, -0.25) is 4.79 Å². The Morgan fingerprint density at radius 2 is 2.05 bits per heavy atom. The highest BCUT2D eigenvalue weighted by Gasteiger charge is 2.14. The first-order valence-electron chi connectivity index (χ1n) is 6.44. The number of hydrogen-bond donors (Lipinski definition) is 1. The highest BCUT2D eigenvalue weighted by Crippen LogP contribution is 2.24. The quantitative estimate of drug-likeness (QED) is 0.862. The maximum Gasteiger partial charge on any atom is 0.253 e. The fourth-order valence-corrected chi connectivity index (χ4v) is 2.50. The summed E-state index contributed by atoms with van der Waals surface area (Å²) in [6.07, 6.45) is 0. The van der Waals surface area contributed by atoms with Crippen LogP contribution in [-0.2, 0) is 6.54 Å². The third kappa shape index (κ3) is 3.76. The lowest BCUT2D eigenvalue weighted by Crippen LogP contribution is -2.26. The van der Waals surface area contributed by atoms with Crippen molar-refractivity contribution in [2.45, 2.75) is 6.54 Å². The van der Waals surface area contributed by atoms with Gasteiger partial charge in [0.05, 0.1) is 7.11 Å². The third-order valence-electron chi connectivity index (χ3n) is 3.13. The number of benzene rings is 2. The van der Waals surface area contributed by atoms with Crippen LogP contribution in [0.4, 0.5) is 5.69 Å². The Morgan fingerprint density at radius 3 is 2.71 bits per heavy atom. The first kappa shape index (κ1) is 15.4. The van der Waals surface area contributed by atoms with Crippen molar-refractivity contribution in [3.05, 3.63) is 58.1 Å². The Morgan fingerprint density at radius 1 is 1.29 bits per heavy atom. The smallest absolute Gasteiger partial charge is 0.253 e. The van der Waals surface area contributed by atoms with Crippen LogP contribution < -0.4 is 10.5 Å². The maximum absolute atomic E-state index is 12.4. The van der Waals surface area contributed by atoms with Gasteiger partial charge in [0.25, 0.3) is 5.91 Å². The molecule has 0 unspecified atom stereocenters. The van der Waals surface area contributed by atoms with Gasteiger partial charge in [-0.15, -0.1) is 0 Å². The van der Waals surface area contributed by atoms with E-state index in [2.05, 4.69) is 15.9 Å². The molecule has 2 N–H and O–H groups in total. The first-order valence-corrected chi connectivity index (χ1v) is 7.24. The Labute approximate surface area is 132 Å². The van der Waals surface area contributed by atoms with Crippen molar-refractivity contribution < 1.29 is 9.53 Å². The predicted molar refractivity (Wildman–Crippen MR) is 87.3 cm³/mol. The van der Waals surface area contributed by atoms with Crippen molar-refractivity contribution in [2.75, 3.05) is 19.9 Å². The molecule has 5 heteroatoms. The zero-order valence-corrected chi connectivity index (χ0v) is 13.6. The van der Waals surface area contributed by atoms with Gasteiger partial charge in [-0.1, -0.05) is 22.0 Å². The van der Waals surface area contributed by atoms with Crippen LogP contribution in [0.2, 0.25) is 0 Å². The third-order valence-corrected chi connectivity index (χ3v) is 3.62. The summed E-state index contributed by atoms with van der Waals surface area (Å²) in [4.78, 5) is 14.0. The molecule has 0 saturated heterocycles. The molecule has 4 nitrogen and oxygen atoms in total. The number of anilines is 1. The minimum absolute atomic E-state index is 0.0793.